The van der Waals surface area contributed by atoms with Crippen molar-refractivity contribution < 1.29 is 4.74 Å². The van der Waals surface area contributed by atoms with E-state index >= 15 is 0 Å². The Bertz CT molecular complexity index is 573. The van der Waals surface area contributed by atoms with Crippen LogP contribution in [0, 0.1) is 6.92 Å². The largest absolute Gasteiger partial charge is 0.380 e. The second kappa shape index (κ2) is 5.65. The zero-order valence-corrected chi connectivity index (χ0v) is 11.6. The second-order valence-electron chi connectivity index (χ2n) is 3.85. The predicted octanol–water partition coefficient (Wildman–Crippen LogP) is 3.91. The summed E-state index contributed by atoms with van der Waals surface area (Å²) in [4.78, 5) is 8.48. The predicted molar refractivity (Wildman–Crippen MR) is 72.9 cm³/mol. The lowest BCUT2D eigenvalue weighted by Crippen LogP contribution is -2.00. The monoisotopic (exact) mass is 282 g/mol. The van der Waals surface area contributed by atoms with Crippen LogP contribution in [0.5, 0.6) is 0 Å². The smallest absolute Gasteiger partial charge is 0.116 e. The van der Waals surface area contributed by atoms with E-state index in [1.54, 1.807) is 19.2 Å². The average Bonchev–Trinajstić information content (AvgIpc) is 2.35. The molecule has 18 heavy (non-hydrogen) atoms. The van der Waals surface area contributed by atoms with E-state index in [0.717, 1.165) is 22.5 Å². The van der Waals surface area contributed by atoms with Crippen LogP contribution in [0.15, 0.2) is 24.5 Å². The third kappa shape index (κ3) is 2.64. The average molecular weight is 283 g/mol. The van der Waals surface area contributed by atoms with E-state index in [2.05, 4.69) is 9.97 Å². The van der Waals surface area contributed by atoms with Gasteiger partial charge in [0.2, 0.25) is 0 Å². The van der Waals surface area contributed by atoms with Gasteiger partial charge in [0, 0.05) is 23.9 Å². The number of rotatable bonds is 3. The molecule has 0 N–H and O–H groups in total. The molecule has 0 fully saturated rings. The molecule has 0 aliphatic heterocycles. The summed E-state index contributed by atoms with van der Waals surface area (Å²) in [5.74, 6) is 0. The van der Waals surface area contributed by atoms with Crippen molar-refractivity contribution in [3.05, 3.63) is 45.8 Å². The van der Waals surface area contributed by atoms with Crippen LogP contribution >= 0.6 is 23.2 Å². The lowest BCUT2D eigenvalue weighted by molar-refractivity contribution is 0.184. The zero-order valence-electron chi connectivity index (χ0n) is 10.1. The highest BCUT2D eigenvalue weighted by atomic mass is 35.5. The van der Waals surface area contributed by atoms with Gasteiger partial charge in [0.1, 0.15) is 6.33 Å². The van der Waals surface area contributed by atoms with Crippen molar-refractivity contribution in [2.75, 3.05) is 7.11 Å². The highest BCUT2D eigenvalue weighted by molar-refractivity contribution is 6.42. The molecule has 0 unspecified atom stereocenters. The Balaban J connectivity index is 2.55. The first-order chi connectivity index (χ1) is 8.63. The van der Waals surface area contributed by atoms with Gasteiger partial charge in [-0.1, -0.05) is 29.3 Å². The zero-order chi connectivity index (χ0) is 13.1. The fraction of sp³-hybridized carbons (Fsp3) is 0.231. The van der Waals surface area contributed by atoms with E-state index < -0.39 is 0 Å². The third-order valence-corrected chi connectivity index (χ3v) is 3.38. The van der Waals surface area contributed by atoms with Gasteiger partial charge in [-0.15, -0.1) is 0 Å². The Morgan fingerprint density at radius 2 is 1.94 bits per heavy atom. The number of hydrogen-bond donors (Lipinski definition) is 0. The molecule has 0 spiro atoms. The molecule has 2 aromatic rings. The molecule has 0 radical (unpaired) electrons. The van der Waals surface area contributed by atoms with E-state index in [-0.39, 0.29) is 0 Å². The van der Waals surface area contributed by atoms with Gasteiger partial charge < -0.3 is 4.74 Å². The Hall–Kier alpha value is -1.16. The number of nitrogens with zero attached hydrogens (tertiary/aromatic N) is 2. The fourth-order valence-corrected chi connectivity index (χ4v) is 2.01. The summed E-state index contributed by atoms with van der Waals surface area (Å²) in [6.45, 7) is 2.39. The van der Waals surface area contributed by atoms with Crippen molar-refractivity contribution in [1.29, 1.82) is 0 Å². The number of aromatic nitrogens is 2. The van der Waals surface area contributed by atoms with Gasteiger partial charge in [-0.2, -0.15) is 0 Å². The molecule has 2 rings (SSSR count). The number of aryl methyl sites for hydroxylation is 1. The molecule has 0 saturated heterocycles. The van der Waals surface area contributed by atoms with Crippen LogP contribution in [0.3, 0.4) is 0 Å². The SMILES string of the molecule is COCc1c(C)ncnc1-c1ccc(Cl)c(Cl)c1. The lowest BCUT2D eigenvalue weighted by atomic mass is 10.1. The van der Waals surface area contributed by atoms with E-state index in [0.29, 0.717) is 16.7 Å². The summed E-state index contributed by atoms with van der Waals surface area (Å²) < 4.78 is 5.19. The minimum absolute atomic E-state index is 0.461. The van der Waals surface area contributed by atoms with E-state index in [1.165, 1.54) is 6.33 Å². The number of hydrogen-bond acceptors (Lipinski definition) is 3. The van der Waals surface area contributed by atoms with Gasteiger partial charge >= 0.3 is 0 Å². The summed E-state index contributed by atoms with van der Waals surface area (Å²) in [5.41, 5.74) is 3.58. The minimum Gasteiger partial charge on any atom is -0.380 e. The van der Waals surface area contributed by atoms with Crippen molar-refractivity contribution in [1.82, 2.24) is 9.97 Å². The number of benzene rings is 1. The highest BCUT2D eigenvalue weighted by Gasteiger charge is 2.11. The molecule has 1 aromatic heterocycles. The minimum atomic E-state index is 0.461. The number of methoxy groups -OCH3 is 1. The van der Waals surface area contributed by atoms with Crippen LogP contribution in [0.1, 0.15) is 11.3 Å². The normalized spacial score (nSPS) is 10.7. The van der Waals surface area contributed by atoms with Gasteiger partial charge in [-0.05, 0) is 19.1 Å². The molecular weight excluding hydrogens is 271 g/mol. The first kappa shape index (κ1) is 13.3. The van der Waals surface area contributed by atoms with Gasteiger partial charge in [-0.25, -0.2) is 9.97 Å². The quantitative estimate of drug-likeness (QED) is 0.856. The Morgan fingerprint density at radius 3 is 2.61 bits per heavy atom. The molecule has 0 bridgehead atoms. The molecular formula is C13H12Cl2N2O. The van der Waals surface area contributed by atoms with E-state index in [4.69, 9.17) is 27.9 Å². The standard InChI is InChI=1S/C13H12Cl2N2O/c1-8-10(6-18-2)13(17-7-16-8)9-3-4-11(14)12(15)5-9/h3-5,7H,6H2,1-2H3. The summed E-state index contributed by atoms with van der Waals surface area (Å²) in [6, 6.07) is 5.44. The van der Waals surface area contributed by atoms with Crippen LogP contribution in [-0.2, 0) is 11.3 Å². The molecule has 3 nitrogen and oxygen atoms in total. The van der Waals surface area contributed by atoms with Gasteiger partial charge in [0.25, 0.3) is 0 Å². The maximum atomic E-state index is 6.03. The molecule has 5 heteroatoms. The van der Waals surface area contributed by atoms with Crippen LogP contribution in [0.4, 0.5) is 0 Å². The molecule has 0 aliphatic rings. The molecule has 0 saturated carbocycles. The third-order valence-electron chi connectivity index (χ3n) is 2.64. The van der Waals surface area contributed by atoms with Crippen molar-refractivity contribution in [3.8, 4) is 11.3 Å². The number of halogens is 2. The van der Waals surface area contributed by atoms with Gasteiger partial charge in [0.15, 0.2) is 0 Å². The van der Waals surface area contributed by atoms with E-state index in [9.17, 15) is 0 Å². The Labute approximate surface area is 116 Å². The first-order valence-electron chi connectivity index (χ1n) is 5.38. The number of ether oxygens (including phenoxy) is 1. The first-order valence-corrected chi connectivity index (χ1v) is 6.14. The van der Waals surface area contributed by atoms with E-state index in [1.807, 2.05) is 13.0 Å². The maximum absolute atomic E-state index is 6.03. The molecule has 1 heterocycles. The molecule has 0 atom stereocenters. The van der Waals surface area contributed by atoms with Crippen molar-refractivity contribution >= 4 is 23.2 Å². The van der Waals surface area contributed by atoms with Gasteiger partial charge in [-0.3, -0.25) is 0 Å². The molecule has 1 aromatic carbocycles. The van der Waals surface area contributed by atoms with Crippen molar-refractivity contribution in [2.24, 2.45) is 0 Å². The highest BCUT2D eigenvalue weighted by Crippen LogP contribution is 2.29. The molecule has 0 amide bonds. The Kier molecular flexibility index (Phi) is 4.17. The van der Waals surface area contributed by atoms with Crippen LogP contribution < -0.4 is 0 Å². The van der Waals surface area contributed by atoms with Crippen LogP contribution in [0.25, 0.3) is 11.3 Å². The van der Waals surface area contributed by atoms with Crippen LogP contribution in [0.2, 0.25) is 10.0 Å². The topological polar surface area (TPSA) is 35.0 Å². The second-order valence-corrected chi connectivity index (χ2v) is 4.66. The van der Waals surface area contributed by atoms with Crippen LogP contribution in [-0.4, -0.2) is 17.1 Å². The summed E-state index contributed by atoms with van der Waals surface area (Å²) in [6.07, 6.45) is 1.53. The summed E-state index contributed by atoms with van der Waals surface area (Å²) in [5, 5.41) is 1.04. The fourth-order valence-electron chi connectivity index (χ4n) is 1.71. The lowest BCUT2D eigenvalue weighted by Gasteiger charge is -2.10. The molecule has 94 valence electrons. The van der Waals surface area contributed by atoms with Gasteiger partial charge in [0.05, 0.1) is 22.3 Å². The summed E-state index contributed by atoms with van der Waals surface area (Å²) >= 11 is 11.9. The maximum Gasteiger partial charge on any atom is 0.116 e. The van der Waals surface area contributed by atoms with Crippen molar-refractivity contribution in [3.63, 3.8) is 0 Å². The Morgan fingerprint density at radius 1 is 1.17 bits per heavy atom. The summed E-state index contributed by atoms with van der Waals surface area (Å²) in [7, 11) is 1.64. The molecule has 0 aliphatic carbocycles. The van der Waals surface area contributed by atoms with Crippen molar-refractivity contribution in [2.45, 2.75) is 13.5 Å².